The van der Waals surface area contributed by atoms with Gasteiger partial charge in [-0.2, -0.15) is 0 Å². The second-order valence-electron chi connectivity index (χ2n) is 4.71. The first kappa shape index (κ1) is 15.6. The summed E-state index contributed by atoms with van der Waals surface area (Å²) < 4.78 is 0. The minimum absolute atomic E-state index is 0.102. The van der Waals surface area contributed by atoms with Gasteiger partial charge < -0.3 is 10.0 Å². The lowest BCUT2D eigenvalue weighted by atomic mass is 10.1. The molecule has 0 saturated heterocycles. The Morgan fingerprint density at radius 3 is 2.65 bits per heavy atom. The average Bonchev–Trinajstić information content (AvgIpc) is 2.37. The Kier molecular flexibility index (Phi) is 5.19. The van der Waals surface area contributed by atoms with Crippen LogP contribution in [0.5, 0.6) is 0 Å². The van der Waals surface area contributed by atoms with E-state index in [4.69, 9.17) is 5.11 Å². The molecule has 0 bridgehead atoms. The van der Waals surface area contributed by atoms with Gasteiger partial charge in [0.15, 0.2) is 0 Å². The molecule has 7 nitrogen and oxygen atoms in total. The highest BCUT2D eigenvalue weighted by Crippen LogP contribution is 2.18. The summed E-state index contributed by atoms with van der Waals surface area (Å²) in [5.41, 5.74) is 0.748. The Morgan fingerprint density at radius 1 is 1.60 bits per heavy atom. The van der Waals surface area contributed by atoms with Gasteiger partial charge in [0.2, 0.25) is 0 Å². The molecule has 1 atom stereocenters. The molecule has 1 N–H and O–H groups in total. The number of aromatic nitrogens is 1. The Balaban J connectivity index is 2.94. The molecular weight excluding hydrogens is 262 g/mol. The van der Waals surface area contributed by atoms with E-state index in [1.165, 1.54) is 12.1 Å². The Morgan fingerprint density at radius 2 is 2.25 bits per heavy atom. The van der Waals surface area contributed by atoms with Crippen molar-refractivity contribution in [2.24, 2.45) is 5.92 Å². The van der Waals surface area contributed by atoms with Crippen LogP contribution >= 0.6 is 0 Å². The van der Waals surface area contributed by atoms with Gasteiger partial charge in [0, 0.05) is 19.2 Å². The van der Waals surface area contributed by atoms with Crippen molar-refractivity contribution < 1.29 is 14.8 Å². The quantitative estimate of drug-likeness (QED) is 0.466. The summed E-state index contributed by atoms with van der Waals surface area (Å²) in [6, 6.07) is 2.86. The normalized spacial score (nSPS) is 11.7. The first-order valence-electron chi connectivity index (χ1n) is 6.04. The number of hydrogen-bond acceptors (Lipinski definition) is 5. The van der Waals surface area contributed by atoms with E-state index < -0.39 is 16.8 Å². The third-order valence-corrected chi connectivity index (χ3v) is 2.64. The van der Waals surface area contributed by atoms with Gasteiger partial charge in [0.05, 0.1) is 10.8 Å². The molecule has 0 amide bonds. The third-order valence-electron chi connectivity index (χ3n) is 2.64. The highest BCUT2D eigenvalue weighted by molar-refractivity contribution is 5.70. The monoisotopic (exact) mass is 279 g/mol. The van der Waals surface area contributed by atoms with Crippen molar-refractivity contribution in [3.05, 3.63) is 40.6 Å². The molecule has 7 heteroatoms. The smallest absolute Gasteiger partial charge is 0.308 e. The number of carboxylic acids is 1. The number of nitro groups is 1. The fourth-order valence-electron chi connectivity index (χ4n) is 1.65. The molecule has 0 fully saturated rings. The molecule has 0 aromatic carbocycles. The SMILES string of the molecule is C=C(C)CN(CC(C)C(=O)O)c1ccc([N+](=O)[O-])cn1. The number of aliphatic carboxylic acids is 1. The van der Waals surface area contributed by atoms with Crippen LogP contribution in [0.2, 0.25) is 0 Å². The van der Waals surface area contributed by atoms with Crippen LogP contribution in [0.4, 0.5) is 11.5 Å². The summed E-state index contributed by atoms with van der Waals surface area (Å²) in [6.45, 7) is 7.92. The van der Waals surface area contributed by atoms with E-state index in [0.29, 0.717) is 12.4 Å². The van der Waals surface area contributed by atoms with Gasteiger partial charge in [0.1, 0.15) is 12.0 Å². The summed E-state index contributed by atoms with van der Waals surface area (Å²) in [5, 5.41) is 19.6. The molecule has 1 rings (SSSR count). The number of carbonyl (C=O) groups is 1. The number of anilines is 1. The maximum atomic E-state index is 10.9. The lowest BCUT2D eigenvalue weighted by Gasteiger charge is -2.25. The van der Waals surface area contributed by atoms with Crippen molar-refractivity contribution in [1.29, 1.82) is 0 Å². The summed E-state index contributed by atoms with van der Waals surface area (Å²) in [4.78, 5) is 26.8. The maximum absolute atomic E-state index is 10.9. The predicted molar refractivity (Wildman–Crippen MR) is 74.7 cm³/mol. The van der Waals surface area contributed by atoms with Gasteiger partial charge in [-0.15, -0.1) is 0 Å². The molecule has 1 unspecified atom stereocenters. The van der Waals surface area contributed by atoms with Gasteiger partial charge in [-0.05, 0) is 13.0 Å². The highest BCUT2D eigenvalue weighted by atomic mass is 16.6. The number of pyridine rings is 1. The average molecular weight is 279 g/mol. The number of carboxylic acid groups (broad SMARTS) is 1. The Bertz CT molecular complexity index is 513. The Labute approximate surface area is 116 Å². The molecule has 108 valence electrons. The van der Waals surface area contributed by atoms with Crippen LogP contribution in [0.25, 0.3) is 0 Å². The molecule has 0 aliphatic heterocycles. The van der Waals surface area contributed by atoms with Crippen molar-refractivity contribution in [1.82, 2.24) is 4.98 Å². The molecular formula is C13H17N3O4. The fraction of sp³-hybridized carbons (Fsp3) is 0.385. The van der Waals surface area contributed by atoms with E-state index in [9.17, 15) is 14.9 Å². The summed E-state index contributed by atoms with van der Waals surface area (Å²) >= 11 is 0. The van der Waals surface area contributed by atoms with Crippen LogP contribution in [0.3, 0.4) is 0 Å². The van der Waals surface area contributed by atoms with Crippen molar-refractivity contribution in [3.63, 3.8) is 0 Å². The molecule has 1 heterocycles. The third kappa shape index (κ3) is 4.34. The standard InChI is InChI=1S/C13H17N3O4/c1-9(2)7-15(8-10(3)13(17)18)12-5-4-11(6-14-12)16(19)20/h4-6,10H,1,7-8H2,2-3H3,(H,17,18). The highest BCUT2D eigenvalue weighted by Gasteiger charge is 2.18. The van der Waals surface area contributed by atoms with Crippen molar-refractivity contribution in [2.75, 3.05) is 18.0 Å². The number of hydrogen-bond donors (Lipinski definition) is 1. The molecule has 0 saturated carbocycles. The molecule has 1 aromatic heterocycles. The van der Waals surface area contributed by atoms with Crippen molar-refractivity contribution >= 4 is 17.5 Å². The van der Waals surface area contributed by atoms with Crippen molar-refractivity contribution in [2.45, 2.75) is 13.8 Å². The van der Waals surface area contributed by atoms with Crippen LogP contribution in [-0.2, 0) is 4.79 Å². The van der Waals surface area contributed by atoms with Crippen LogP contribution in [0.15, 0.2) is 30.5 Å². The van der Waals surface area contributed by atoms with E-state index in [1.54, 1.807) is 11.8 Å². The van der Waals surface area contributed by atoms with E-state index in [1.807, 2.05) is 6.92 Å². The summed E-state index contributed by atoms with van der Waals surface area (Å²) in [6.07, 6.45) is 1.16. The van der Waals surface area contributed by atoms with Gasteiger partial charge in [-0.3, -0.25) is 14.9 Å². The largest absolute Gasteiger partial charge is 0.481 e. The second kappa shape index (κ2) is 6.65. The fourth-order valence-corrected chi connectivity index (χ4v) is 1.65. The predicted octanol–water partition coefficient (Wildman–Crippen LogP) is 2.09. The topological polar surface area (TPSA) is 96.6 Å². The lowest BCUT2D eigenvalue weighted by molar-refractivity contribution is -0.385. The molecule has 0 radical (unpaired) electrons. The summed E-state index contributed by atoms with van der Waals surface area (Å²) in [7, 11) is 0. The molecule has 1 aromatic rings. The first-order valence-corrected chi connectivity index (χ1v) is 6.04. The second-order valence-corrected chi connectivity index (χ2v) is 4.71. The van der Waals surface area contributed by atoms with Gasteiger partial charge in [-0.1, -0.05) is 19.1 Å². The summed E-state index contributed by atoms with van der Waals surface area (Å²) in [5.74, 6) is -0.989. The molecule has 0 aliphatic carbocycles. The molecule has 0 spiro atoms. The van der Waals surface area contributed by atoms with E-state index in [-0.39, 0.29) is 12.2 Å². The minimum atomic E-state index is -0.904. The minimum Gasteiger partial charge on any atom is -0.481 e. The maximum Gasteiger partial charge on any atom is 0.308 e. The van der Waals surface area contributed by atoms with Gasteiger partial charge >= 0.3 is 5.97 Å². The van der Waals surface area contributed by atoms with Crippen LogP contribution in [0, 0.1) is 16.0 Å². The zero-order valence-electron chi connectivity index (χ0n) is 11.4. The van der Waals surface area contributed by atoms with Crippen LogP contribution in [-0.4, -0.2) is 34.1 Å². The van der Waals surface area contributed by atoms with Crippen LogP contribution < -0.4 is 4.90 Å². The van der Waals surface area contributed by atoms with Crippen LogP contribution in [0.1, 0.15) is 13.8 Å². The zero-order chi connectivity index (χ0) is 15.3. The van der Waals surface area contributed by atoms with Gasteiger partial charge in [0.25, 0.3) is 5.69 Å². The van der Waals surface area contributed by atoms with E-state index in [0.717, 1.165) is 11.8 Å². The Hall–Kier alpha value is -2.44. The first-order chi connectivity index (χ1) is 9.31. The number of nitrogens with zero attached hydrogens (tertiary/aromatic N) is 3. The van der Waals surface area contributed by atoms with E-state index in [2.05, 4.69) is 11.6 Å². The number of rotatable bonds is 7. The lowest BCUT2D eigenvalue weighted by Crippen LogP contribution is -2.33. The van der Waals surface area contributed by atoms with E-state index >= 15 is 0 Å². The molecule has 20 heavy (non-hydrogen) atoms. The molecule has 0 aliphatic rings. The van der Waals surface area contributed by atoms with Gasteiger partial charge in [-0.25, -0.2) is 4.98 Å². The zero-order valence-corrected chi connectivity index (χ0v) is 11.4. The van der Waals surface area contributed by atoms with Crippen molar-refractivity contribution in [3.8, 4) is 0 Å².